The minimum Gasteiger partial charge on any atom is -0.459 e. The van der Waals surface area contributed by atoms with Gasteiger partial charge in [0.25, 0.3) is 0 Å². The number of cyclic esters (lactones) is 1. The Bertz CT molecular complexity index is 384. The molecule has 20 heavy (non-hydrogen) atoms. The number of hydrogen-bond donors (Lipinski definition) is 1. The molecule has 0 saturated carbocycles. The van der Waals surface area contributed by atoms with E-state index in [1.54, 1.807) is 12.2 Å². The summed E-state index contributed by atoms with van der Waals surface area (Å²) in [6.45, 7) is 8.25. The number of rotatable bonds is 8. The Hall–Kier alpha value is -1.39. The van der Waals surface area contributed by atoms with Crippen molar-refractivity contribution in [2.75, 3.05) is 13.2 Å². The first-order valence-electron chi connectivity index (χ1n) is 6.98. The average molecular weight is 280 g/mol. The fourth-order valence-electron chi connectivity index (χ4n) is 2.03. The van der Waals surface area contributed by atoms with Crippen molar-refractivity contribution in [3.63, 3.8) is 0 Å². The zero-order chi connectivity index (χ0) is 15.0. The zero-order valence-corrected chi connectivity index (χ0v) is 12.2. The number of hydrogen-bond acceptors (Lipinski definition) is 4. The first kappa shape index (κ1) is 16.7. The van der Waals surface area contributed by atoms with Gasteiger partial charge in [-0.3, -0.25) is 0 Å². The third kappa shape index (κ3) is 6.17. The van der Waals surface area contributed by atoms with Crippen LogP contribution in [0.5, 0.6) is 0 Å². The van der Waals surface area contributed by atoms with Gasteiger partial charge in [0, 0.05) is 12.0 Å². The molecule has 0 spiro atoms. The van der Waals surface area contributed by atoms with Crippen LogP contribution in [0, 0.1) is 5.92 Å². The van der Waals surface area contributed by atoms with E-state index in [1.165, 1.54) is 6.08 Å². The molecule has 0 bridgehead atoms. The normalized spacial score (nSPS) is 23.9. The van der Waals surface area contributed by atoms with Crippen LogP contribution < -0.4 is 0 Å². The fourth-order valence-corrected chi connectivity index (χ4v) is 2.03. The maximum atomic E-state index is 11.1. The molecule has 1 heterocycles. The molecule has 0 radical (unpaired) electrons. The van der Waals surface area contributed by atoms with Crippen molar-refractivity contribution in [1.82, 2.24) is 0 Å². The van der Waals surface area contributed by atoms with Gasteiger partial charge in [-0.05, 0) is 32.3 Å². The fraction of sp³-hybridized carbons (Fsp3) is 0.562. The molecule has 112 valence electrons. The lowest BCUT2D eigenvalue weighted by Crippen LogP contribution is -2.27. The van der Waals surface area contributed by atoms with Crippen molar-refractivity contribution in [2.45, 2.75) is 38.9 Å². The highest BCUT2D eigenvalue weighted by Gasteiger charge is 2.22. The van der Waals surface area contributed by atoms with E-state index in [4.69, 9.17) is 14.6 Å². The Kier molecular flexibility index (Phi) is 7.26. The summed E-state index contributed by atoms with van der Waals surface area (Å²) in [6.07, 6.45) is 8.69. The third-order valence-electron chi connectivity index (χ3n) is 3.30. The zero-order valence-electron chi connectivity index (χ0n) is 12.2. The Balaban J connectivity index is 2.24. The van der Waals surface area contributed by atoms with Crippen LogP contribution in [0.1, 0.15) is 26.7 Å². The Labute approximate surface area is 120 Å². The van der Waals surface area contributed by atoms with Gasteiger partial charge in [-0.15, -0.1) is 0 Å². The van der Waals surface area contributed by atoms with Gasteiger partial charge in [0.1, 0.15) is 6.10 Å². The number of carbonyl (C=O) groups excluding carboxylic acids is 1. The van der Waals surface area contributed by atoms with Crippen LogP contribution in [0.2, 0.25) is 0 Å². The highest BCUT2D eigenvalue weighted by atomic mass is 16.5. The predicted octanol–water partition coefficient (Wildman–Crippen LogP) is 2.39. The number of esters is 1. The van der Waals surface area contributed by atoms with Crippen molar-refractivity contribution in [1.29, 1.82) is 0 Å². The summed E-state index contributed by atoms with van der Waals surface area (Å²) in [5, 5.41) is 8.65. The van der Waals surface area contributed by atoms with E-state index in [9.17, 15) is 4.79 Å². The van der Waals surface area contributed by atoms with Crippen molar-refractivity contribution in [3.8, 4) is 0 Å². The molecule has 3 atom stereocenters. The highest BCUT2D eigenvalue weighted by molar-refractivity contribution is 5.82. The maximum Gasteiger partial charge on any atom is 0.330 e. The van der Waals surface area contributed by atoms with Crippen LogP contribution in [-0.2, 0) is 14.3 Å². The molecule has 0 fully saturated rings. The second kappa shape index (κ2) is 8.72. The Morgan fingerprint density at radius 3 is 3.05 bits per heavy atom. The molecule has 0 amide bonds. The van der Waals surface area contributed by atoms with Gasteiger partial charge in [-0.2, -0.15) is 0 Å². The average Bonchev–Trinajstić information content (AvgIpc) is 2.41. The molecule has 4 nitrogen and oxygen atoms in total. The molecule has 0 aliphatic carbocycles. The standard InChI is InChI=1S/C16H24O4/c1-12(5-4-10-17)11-19-13(2)6-7-15-8-9-16(18)20-14(15)3/h4-5,8-9,13-15,17H,1,6-7,10-11H2,2-3H3/b5-4-. The molecular formula is C16H24O4. The predicted molar refractivity (Wildman–Crippen MR) is 78.2 cm³/mol. The molecule has 1 aliphatic rings. The van der Waals surface area contributed by atoms with Gasteiger partial charge in [-0.1, -0.05) is 24.8 Å². The summed E-state index contributed by atoms with van der Waals surface area (Å²) in [5.74, 6) is 0.00116. The summed E-state index contributed by atoms with van der Waals surface area (Å²) in [7, 11) is 0. The monoisotopic (exact) mass is 280 g/mol. The Morgan fingerprint density at radius 2 is 2.40 bits per heavy atom. The van der Waals surface area contributed by atoms with E-state index in [0.717, 1.165) is 18.4 Å². The van der Waals surface area contributed by atoms with Gasteiger partial charge in [0.05, 0.1) is 19.3 Å². The van der Waals surface area contributed by atoms with Crippen LogP contribution in [-0.4, -0.2) is 36.5 Å². The maximum absolute atomic E-state index is 11.1. The SMILES string of the molecule is C=C(/C=C\CO)COC(C)CCC1C=CC(=O)OC1C. The highest BCUT2D eigenvalue weighted by Crippen LogP contribution is 2.21. The van der Waals surface area contributed by atoms with Crippen LogP contribution in [0.3, 0.4) is 0 Å². The first-order chi connectivity index (χ1) is 9.52. The topological polar surface area (TPSA) is 55.8 Å². The van der Waals surface area contributed by atoms with Gasteiger partial charge >= 0.3 is 5.97 Å². The summed E-state index contributed by atoms with van der Waals surface area (Å²) in [5.41, 5.74) is 0.839. The van der Waals surface area contributed by atoms with Crippen molar-refractivity contribution in [2.24, 2.45) is 5.92 Å². The van der Waals surface area contributed by atoms with E-state index < -0.39 is 0 Å². The van der Waals surface area contributed by atoms with E-state index in [2.05, 4.69) is 6.58 Å². The molecule has 3 unspecified atom stereocenters. The Morgan fingerprint density at radius 1 is 1.65 bits per heavy atom. The van der Waals surface area contributed by atoms with Crippen molar-refractivity contribution >= 4 is 5.97 Å². The van der Waals surface area contributed by atoms with Gasteiger partial charge in [0.2, 0.25) is 0 Å². The summed E-state index contributed by atoms with van der Waals surface area (Å²) >= 11 is 0. The smallest absolute Gasteiger partial charge is 0.330 e. The van der Waals surface area contributed by atoms with Gasteiger partial charge in [-0.25, -0.2) is 4.79 Å². The summed E-state index contributed by atoms with van der Waals surface area (Å²) in [4.78, 5) is 11.1. The molecule has 0 saturated heterocycles. The lowest BCUT2D eigenvalue weighted by molar-refractivity contribution is -0.145. The lowest BCUT2D eigenvalue weighted by Gasteiger charge is -2.25. The first-order valence-corrected chi connectivity index (χ1v) is 6.98. The number of ether oxygens (including phenoxy) is 2. The van der Waals surface area contributed by atoms with Crippen LogP contribution >= 0.6 is 0 Å². The molecule has 1 aliphatic heterocycles. The number of aliphatic hydroxyl groups is 1. The van der Waals surface area contributed by atoms with Crippen molar-refractivity contribution in [3.05, 3.63) is 36.5 Å². The second-order valence-corrected chi connectivity index (χ2v) is 5.11. The van der Waals surface area contributed by atoms with Gasteiger partial charge < -0.3 is 14.6 Å². The van der Waals surface area contributed by atoms with E-state index in [-0.39, 0.29) is 30.7 Å². The van der Waals surface area contributed by atoms with E-state index >= 15 is 0 Å². The number of carbonyl (C=O) groups is 1. The molecule has 0 aromatic heterocycles. The second-order valence-electron chi connectivity index (χ2n) is 5.11. The molecular weight excluding hydrogens is 256 g/mol. The molecule has 1 rings (SSSR count). The van der Waals surface area contributed by atoms with Crippen LogP contribution in [0.25, 0.3) is 0 Å². The minimum absolute atomic E-state index is 0.0131. The van der Waals surface area contributed by atoms with Crippen molar-refractivity contribution < 1.29 is 19.4 Å². The van der Waals surface area contributed by atoms with Crippen LogP contribution in [0.4, 0.5) is 0 Å². The third-order valence-corrected chi connectivity index (χ3v) is 3.30. The quantitative estimate of drug-likeness (QED) is 0.548. The summed E-state index contributed by atoms with van der Waals surface area (Å²) in [6, 6.07) is 0. The van der Waals surface area contributed by atoms with Gasteiger partial charge in [0.15, 0.2) is 0 Å². The molecule has 0 aromatic carbocycles. The van der Waals surface area contributed by atoms with E-state index in [1.807, 2.05) is 19.9 Å². The largest absolute Gasteiger partial charge is 0.459 e. The lowest BCUT2D eigenvalue weighted by atomic mass is 9.94. The molecule has 0 aromatic rings. The minimum atomic E-state index is -0.259. The molecule has 4 heteroatoms. The van der Waals surface area contributed by atoms with E-state index in [0.29, 0.717) is 6.61 Å². The summed E-state index contributed by atoms with van der Waals surface area (Å²) < 4.78 is 10.8. The van der Waals surface area contributed by atoms with Crippen LogP contribution in [0.15, 0.2) is 36.5 Å². The molecule has 1 N–H and O–H groups in total. The number of aliphatic hydroxyl groups excluding tert-OH is 1.